The Hall–Kier alpha value is -1.77. The standard InChI is InChI=1S/C17H21N3/c1-12-6-7-13-10-14(8-9-15(13)19-12)20-11-18-16-4-2-3-5-17(16)20/h8-12,19H,2-7H2,1H3. The Balaban J connectivity index is 1.74. The van der Waals surface area contributed by atoms with Crippen molar-refractivity contribution in [2.75, 3.05) is 5.32 Å². The number of imidazole rings is 1. The van der Waals surface area contributed by atoms with Gasteiger partial charge < -0.3 is 9.88 Å². The maximum absolute atomic E-state index is 4.60. The summed E-state index contributed by atoms with van der Waals surface area (Å²) in [5.74, 6) is 0. The van der Waals surface area contributed by atoms with Crippen molar-refractivity contribution < 1.29 is 0 Å². The highest BCUT2D eigenvalue weighted by molar-refractivity contribution is 5.58. The zero-order chi connectivity index (χ0) is 13.5. The molecule has 0 fully saturated rings. The van der Waals surface area contributed by atoms with Crippen LogP contribution in [0.2, 0.25) is 0 Å². The Kier molecular flexibility index (Phi) is 2.79. The molecule has 2 heterocycles. The predicted molar refractivity (Wildman–Crippen MR) is 81.6 cm³/mol. The molecule has 1 aromatic heterocycles. The van der Waals surface area contributed by atoms with Crippen LogP contribution in [0.4, 0.5) is 5.69 Å². The van der Waals surface area contributed by atoms with Gasteiger partial charge in [-0.05, 0) is 69.2 Å². The average Bonchev–Trinajstić information content (AvgIpc) is 2.91. The minimum absolute atomic E-state index is 0.592. The number of aromatic nitrogens is 2. The highest BCUT2D eigenvalue weighted by Gasteiger charge is 2.18. The monoisotopic (exact) mass is 267 g/mol. The second-order valence-corrected chi connectivity index (χ2v) is 6.14. The van der Waals surface area contributed by atoms with Crippen molar-refractivity contribution in [2.24, 2.45) is 0 Å². The summed E-state index contributed by atoms with van der Waals surface area (Å²) in [5.41, 5.74) is 6.75. The van der Waals surface area contributed by atoms with Crippen molar-refractivity contribution in [3.63, 3.8) is 0 Å². The van der Waals surface area contributed by atoms with Gasteiger partial charge in [-0.25, -0.2) is 4.98 Å². The molecule has 1 unspecified atom stereocenters. The smallest absolute Gasteiger partial charge is 0.0997 e. The van der Waals surface area contributed by atoms with Gasteiger partial charge in [0.15, 0.2) is 0 Å². The van der Waals surface area contributed by atoms with Crippen molar-refractivity contribution in [2.45, 2.75) is 51.5 Å². The van der Waals surface area contributed by atoms with Gasteiger partial charge in [0.2, 0.25) is 0 Å². The van der Waals surface area contributed by atoms with E-state index < -0.39 is 0 Å². The first-order valence-corrected chi connectivity index (χ1v) is 7.76. The first-order valence-electron chi connectivity index (χ1n) is 7.76. The van der Waals surface area contributed by atoms with Crippen LogP contribution in [0.15, 0.2) is 24.5 Å². The van der Waals surface area contributed by atoms with Gasteiger partial charge >= 0.3 is 0 Å². The van der Waals surface area contributed by atoms with Crippen LogP contribution in [0.25, 0.3) is 5.69 Å². The Morgan fingerprint density at radius 3 is 3.05 bits per heavy atom. The SMILES string of the molecule is CC1CCc2cc(-n3cnc4c3CCCC4)ccc2N1. The summed E-state index contributed by atoms with van der Waals surface area (Å²) in [6.45, 7) is 2.25. The lowest BCUT2D eigenvalue weighted by molar-refractivity contribution is 0.655. The number of nitrogens with one attached hydrogen (secondary N) is 1. The summed E-state index contributed by atoms with van der Waals surface area (Å²) < 4.78 is 2.30. The van der Waals surface area contributed by atoms with Crippen molar-refractivity contribution in [3.8, 4) is 5.69 Å². The molecule has 2 aromatic rings. The molecule has 0 saturated heterocycles. The highest BCUT2D eigenvalue weighted by atomic mass is 15.1. The third-order valence-corrected chi connectivity index (χ3v) is 4.65. The highest BCUT2D eigenvalue weighted by Crippen LogP contribution is 2.29. The van der Waals surface area contributed by atoms with E-state index in [1.807, 2.05) is 6.33 Å². The Morgan fingerprint density at radius 1 is 1.20 bits per heavy atom. The maximum Gasteiger partial charge on any atom is 0.0997 e. The molecule has 0 bridgehead atoms. The van der Waals surface area contributed by atoms with Gasteiger partial charge in [0, 0.05) is 23.1 Å². The molecule has 0 spiro atoms. The van der Waals surface area contributed by atoms with Crippen LogP contribution in [0.3, 0.4) is 0 Å². The van der Waals surface area contributed by atoms with Gasteiger partial charge in [0.1, 0.15) is 0 Å². The number of rotatable bonds is 1. The van der Waals surface area contributed by atoms with E-state index >= 15 is 0 Å². The van der Waals surface area contributed by atoms with Crippen molar-refractivity contribution in [1.82, 2.24) is 9.55 Å². The second-order valence-electron chi connectivity index (χ2n) is 6.14. The number of hydrogen-bond donors (Lipinski definition) is 1. The lowest BCUT2D eigenvalue weighted by atomic mass is 9.98. The van der Waals surface area contributed by atoms with E-state index in [9.17, 15) is 0 Å². The Bertz CT molecular complexity index is 642. The molecule has 4 rings (SSSR count). The van der Waals surface area contributed by atoms with Gasteiger partial charge in [-0.2, -0.15) is 0 Å². The molecule has 0 amide bonds. The van der Waals surface area contributed by atoms with E-state index in [-0.39, 0.29) is 0 Å². The molecular formula is C17H21N3. The fourth-order valence-electron chi connectivity index (χ4n) is 3.48. The molecule has 1 aliphatic heterocycles. The number of aryl methyl sites for hydroxylation is 2. The number of fused-ring (bicyclic) bond motifs is 2. The molecule has 1 aliphatic carbocycles. The molecular weight excluding hydrogens is 246 g/mol. The zero-order valence-corrected chi connectivity index (χ0v) is 12.0. The summed E-state index contributed by atoms with van der Waals surface area (Å²) in [6, 6.07) is 7.38. The van der Waals surface area contributed by atoms with Crippen LogP contribution >= 0.6 is 0 Å². The molecule has 3 heteroatoms. The molecule has 0 saturated carbocycles. The van der Waals surface area contributed by atoms with E-state index in [2.05, 4.69) is 40.0 Å². The lowest BCUT2D eigenvalue weighted by Crippen LogP contribution is -2.22. The van der Waals surface area contributed by atoms with Crippen LogP contribution in [-0.4, -0.2) is 15.6 Å². The molecule has 3 nitrogen and oxygen atoms in total. The summed E-state index contributed by atoms with van der Waals surface area (Å²) in [5, 5.41) is 3.57. The van der Waals surface area contributed by atoms with Gasteiger partial charge in [-0.3, -0.25) is 0 Å². The Labute approximate surface area is 120 Å². The van der Waals surface area contributed by atoms with Crippen LogP contribution in [-0.2, 0) is 19.3 Å². The topological polar surface area (TPSA) is 29.9 Å². The average molecular weight is 267 g/mol. The molecule has 1 aromatic carbocycles. The molecule has 20 heavy (non-hydrogen) atoms. The molecule has 1 atom stereocenters. The lowest BCUT2D eigenvalue weighted by Gasteiger charge is -2.25. The van der Waals surface area contributed by atoms with Crippen LogP contribution < -0.4 is 5.32 Å². The molecule has 0 radical (unpaired) electrons. The number of benzene rings is 1. The third-order valence-electron chi connectivity index (χ3n) is 4.65. The first kappa shape index (κ1) is 12.0. The largest absolute Gasteiger partial charge is 0.382 e. The number of anilines is 1. The summed E-state index contributed by atoms with van der Waals surface area (Å²) in [7, 11) is 0. The van der Waals surface area contributed by atoms with Crippen LogP contribution in [0.5, 0.6) is 0 Å². The number of nitrogens with zero attached hydrogens (tertiary/aromatic N) is 2. The summed E-state index contributed by atoms with van der Waals surface area (Å²) >= 11 is 0. The van der Waals surface area contributed by atoms with Crippen molar-refractivity contribution >= 4 is 5.69 Å². The molecule has 104 valence electrons. The zero-order valence-electron chi connectivity index (χ0n) is 12.0. The van der Waals surface area contributed by atoms with Crippen LogP contribution in [0.1, 0.15) is 43.1 Å². The fourth-order valence-corrected chi connectivity index (χ4v) is 3.48. The summed E-state index contributed by atoms with van der Waals surface area (Å²) in [4.78, 5) is 4.60. The third kappa shape index (κ3) is 1.92. The first-order chi connectivity index (χ1) is 9.81. The normalized spacial score (nSPS) is 20.9. The Morgan fingerprint density at radius 2 is 2.10 bits per heavy atom. The quantitative estimate of drug-likeness (QED) is 0.857. The maximum atomic E-state index is 4.60. The van der Waals surface area contributed by atoms with E-state index in [4.69, 9.17) is 0 Å². The van der Waals surface area contributed by atoms with E-state index in [0.717, 1.165) is 6.42 Å². The summed E-state index contributed by atoms with van der Waals surface area (Å²) in [6.07, 6.45) is 9.30. The van der Waals surface area contributed by atoms with Gasteiger partial charge in [0.25, 0.3) is 0 Å². The molecule has 1 N–H and O–H groups in total. The minimum atomic E-state index is 0.592. The van der Waals surface area contributed by atoms with Crippen molar-refractivity contribution in [3.05, 3.63) is 41.5 Å². The van der Waals surface area contributed by atoms with E-state index in [0.29, 0.717) is 6.04 Å². The predicted octanol–water partition coefficient (Wildman–Crippen LogP) is 3.50. The minimum Gasteiger partial charge on any atom is -0.382 e. The van der Waals surface area contributed by atoms with Crippen LogP contribution in [0, 0.1) is 0 Å². The van der Waals surface area contributed by atoms with Gasteiger partial charge in [-0.1, -0.05) is 0 Å². The van der Waals surface area contributed by atoms with Gasteiger partial charge in [-0.15, -0.1) is 0 Å². The van der Waals surface area contributed by atoms with Crippen molar-refractivity contribution in [1.29, 1.82) is 0 Å². The second kappa shape index (κ2) is 4.65. The van der Waals surface area contributed by atoms with Gasteiger partial charge in [0.05, 0.1) is 12.0 Å². The van der Waals surface area contributed by atoms with E-state index in [1.165, 1.54) is 60.4 Å². The fraction of sp³-hybridized carbons (Fsp3) is 0.471. The van der Waals surface area contributed by atoms with E-state index in [1.54, 1.807) is 0 Å². The number of hydrogen-bond acceptors (Lipinski definition) is 2. The molecule has 2 aliphatic rings.